The second kappa shape index (κ2) is 3.99. The van der Waals surface area contributed by atoms with Crippen molar-refractivity contribution >= 4 is 10.9 Å². The van der Waals surface area contributed by atoms with Crippen LogP contribution in [0.2, 0.25) is 0 Å². The normalized spacial score (nSPS) is 11.1. The van der Waals surface area contributed by atoms with Crippen LogP contribution in [0, 0.1) is 0 Å². The molecule has 17 heavy (non-hydrogen) atoms. The second-order valence-electron chi connectivity index (χ2n) is 3.69. The minimum atomic E-state index is 0.0274. The molecule has 0 atom stereocenters. The standard InChI is InChI=1S/C11H11N5O/c17-6-5-11-13-15-16(14-11)10-7-12-9-4-2-1-3-8(9)10/h1-4,7,12,17H,5-6H2. The number of rotatable bonds is 3. The predicted molar refractivity (Wildman–Crippen MR) is 61.8 cm³/mol. The van der Waals surface area contributed by atoms with Crippen LogP contribution in [-0.4, -0.2) is 36.9 Å². The highest BCUT2D eigenvalue weighted by Crippen LogP contribution is 2.19. The Morgan fingerprint density at radius 2 is 2.18 bits per heavy atom. The fourth-order valence-corrected chi connectivity index (χ4v) is 1.77. The van der Waals surface area contributed by atoms with Crippen molar-refractivity contribution in [3.8, 4) is 5.69 Å². The number of fused-ring (bicyclic) bond motifs is 1. The van der Waals surface area contributed by atoms with Crippen LogP contribution in [0.5, 0.6) is 0 Å². The fourth-order valence-electron chi connectivity index (χ4n) is 1.77. The molecule has 0 fully saturated rings. The predicted octanol–water partition coefficient (Wildman–Crippen LogP) is 0.678. The van der Waals surface area contributed by atoms with E-state index in [0.717, 1.165) is 16.6 Å². The molecule has 6 heteroatoms. The molecule has 2 aromatic heterocycles. The quantitative estimate of drug-likeness (QED) is 0.692. The summed E-state index contributed by atoms with van der Waals surface area (Å²) in [7, 11) is 0. The van der Waals surface area contributed by atoms with Crippen molar-refractivity contribution in [1.29, 1.82) is 0 Å². The first-order valence-electron chi connectivity index (χ1n) is 5.35. The topological polar surface area (TPSA) is 79.6 Å². The van der Waals surface area contributed by atoms with Crippen molar-refractivity contribution in [2.45, 2.75) is 6.42 Å². The minimum absolute atomic E-state index is 0.0274. The number of nitrogens with zero attached hydrogens (tertiary/aromatic N) is 4. The Morgan fingerprint density at radius 3 is 3.06 bits per heavy atom. The molecule has 2 heterocycles. The summed E-state index contributed by atoms with van der Waals surface area (Å²) >= 11 is 0. The van der Waals surface area contributed by atoms with E-state index in [1.807, 2.05) is 30.5 Å². The van der Waals surface area contributed by atoms with Crippen molar-refractivity contribution < 1.29 is 5.11 Å². The van der Waals surface area contributed by atoms with Crippen LogP contribution in [0.3, 0.4) is 0 Å². The Labute approximate surface area is 96.9 Å². The summed E-state index contributed by atoms with van der Waals surface area (Å²) < 4.78 is 0. The Bertz CT molecular complexity index is 642. The van der Waals surface area contributed by atoms with Gasteiger partial charge < -0.3 is 10.1 Å². The number of aromatic nitrogens is 5. The largest absolute Gasteiger partial charge is 0.396 e. The Hall–Kier alpha value is -2.21. The second-order valence-corrected chi connectivity index (χ2v) is 3.69. The molecule has 0 aliphatic rings. The molecule has 6 nitrogen and oxygen atoms in total. The van der Waals surface area contributed by atoms with Gasteiger partial charge in [-0.3, -0.25) is 0 Å². The molecule has 0 radical (unpaired) electrons. The number of nitrogens with one attached hydrogen (secondary N) is 1. The maximum absolute atomic E-state index is 8.81. The van der Waals surface area contributed by atoms with Gasteiger partial charge in [0.1, 0.15) is 5.69 Å². The van der Waals surface area contributed by atoms with E-state index in [2.05, 4.69) is 20.4 Å². The third-order valence-electron chi connectivity index (χ3n) is 2.57. The van der Waals surface area contributed by atoms with Gasteiger partial charge in [0.15, 0.2) is 5.82 Å². The maximum Gasteiger partial charge on any atom is 0.177 e. The molecule has 0 spiro atoms. The van der Waals surface area contributed by atoms with Crippen LogP contribution in [0.4, 0.5) is 0 Å². The molecule has 0 amide bonds. The molecule has 0 aliphatic carbocycles. The van der Waals surface area contributed by atoms with E-state index < -0.39 is 0 Å². The van der Waals surface area contributed by atoms with Crippen LogP contribution in [0.1, 0.15) is 5.82 Å². The lowest BCUT2D eigenvalue weighted by molar-refractivity contribution is 0.296. The zero-order valence-corrected chi connectivity index (χ0v) is 9.04. The molecule has 0 saturated heterocycles. The number of para-hydroxylation sites is 1. The van der Waals surface area contributed by atoms with Gasteiger partial charge in [-0.1, -0.05) is 18.2 Å². The van der Waals surface area contributed by atoms with Crippen LogP contribution in [0.25, 0.3) is 16.6 Å². The summed E-state index contributed by atoms with van der Waals surface area (Å²) in [5, 5.41) is 21.9. The number of benzene rings is 1. The molecule has 1 aromatic carbocycles. The van der Waals surface area contributed by atoms with Crippen LogP contribution >= 0.6 is 0 Å². The number of H-pyrrole nitrogens is 1. The molecular formula is C11H11N5O. The van der Waals surface area contributed by atoms with Gasteiger partial charge in [0.2, 0.25) is 0 Å². The lowest BCUT2D eigenvalue weighted by atomic mass is 10.2. The van der Waals surface area contributed by atoms with Gasteiger partial charge >= 0.3 is 0 Å². The molecule has 86 valence electrons. The highest BCUT2D eigenvalue weighted by molar-refractivity contribution is 5.87. The van der Waals surface area contributed by atoms with E-state index in [1.165, 1.54) is 4.80 Å². The average Bonchev–Trinajstić information content (AvgIpc) is 2.95. The molecule has 0 aliphatic heterocycles. The van der Waals surface area contributed by atoms with Crippen molar-refractivity contribution in [3.05, 3.63) is 36.3 Å². The van der Waals surface area contributed by atoms with Crippen LogP contribution in [-0.2, 0) is 6.42 Å². The Morgan fingerprint density at radius 1 is 1.29 bits per heavy atom. The number of aromatic amines is 1. The smallest absolute Gasteiger partial charge is 0.177 e. The maximum atomic E-state index is 8.81. The number of hydrogen-bond donors (Lipinski definition) is 2. The third kappa shape index (κ3) is 1.68. The van der Waals surface area contributed by atoms with Gasteiger partial charge in [0.05, 0.1) is 6.61 Å². The SMILES string of the molecule is OCCc1nnn(-c2c[nH]c3ccccc23)n1. The highest BCUT2D eigenvalue weighted by atomic mass is 16.3. The molecule has 3 aromatic rings. The first kappa shape index (κ1) is 9.98. The van der Waals surface area contributed by atoms with E-state index in [9.17, 15) is 0 Å². The summed E-state index contributed by atoms with van der Waals surface area (Å²) in [6.45, 7) is 0.0274. The fraction of sp³-hybridized carbons (Fsp3) is 0.182. The zero-order chi connectivity index (χ0) is 11.7. The monoisotopic (exact) mass is 229 g/mol. The Balaban J connectivity index is 2.07. The van der Waals surface area contributed by atoms with Gasteiger partial charge in [-0.2, -0.15) is 0 Å². The molecule has 0 unspecified atom stereocenters. The van der Waals surface area contributed by atoms with Crippen LogP contribution in [0.15, 0.2) is 30.5 Å². The summed E-state index contributed by atoms with van der Waals surface area (Å²) in [4.78, 5) is 4.63. The van der Waals surface area contributed by atoms with Crippen molar-refractivity contribution in [3.63, 3.8) is 0 Å². The van der Waals surface area contributed by atoms with E-state index in [4.69, 9.17) is 5.11 Å². The lowest BCUT2D eigenvalue weighted by Gasteiger charge is -1.94. The zero-order valence-electron chi connectivity index (χ0n) is 9.04. The Kier molecular flexibility index (Phi) is 2.34. The van der Waals surface area contributed by atoms with Gasteiger partial charge in [0.25, 0.3) is 0 Å². The van der Waals surface area contributed by atoms with Gasteiger partial charge in [-0.25, -0.2) is 0 Å². The van der Waals surface area contributed by atoms with Crippen molar-refractivity contribution in [1.82, 2.24) is 25.2 Å². The molecule has 0 bridgehead atoms. The van der Waals surface area contributed by atoms with Gasteiger partial charge in [-0.15, -0.1) is 15.0 Å². The minimum Gasteiger partial charge on any atom is -0.396 e. The number of aliphatic hydroxyl groups excluding tert-OH is 1. The number of tetrazole rings is 1. The number of hydrogen-bond acceptors (Lipinski definition) is 4. The summed E-state index contributed by atoms with van der Waals surface area (Å²) in [5.74, 6) is 0.540. The highest BCUT2D eigenvalue weighted by Gasteiger charge is 2.08. The first-order valence-corrected chi connectivity index (χ1v) is 5.35. The lowest BCUT2D eigenvalue weighted by Crippen LogP contribution is -1.99. The van der Waals surface area contributed by atoms with E-state index in [1.54, 1.807) is 0 Å². The third-order valence-corrected chi connectivity index (χ3v) is 2.57. The molecule has 0 saturated carbocycles. The van der Waals surface area contributed by atoms with Crippen molar-refractivity contribution in [2.24, 2.45) is 0 Å². The van der Waals surface area contributed by atoms with Gasteiger partial charge in [0, 0.05) is 23.5 Å². The van der Waals surface area contributed by atoms with Gasteiger partial charge in [-0.05, 0) is 11.3 Å². The molecular weight excluding hydrogens is 218 g/mol. The molecule has 3 rings (SSSR count). The summed E-state index contributed by atoms with van der Waals surface area (Å²) in [6, 6.07) is 7.92. The van der Waals surface area contributed by atoms with E-state index >= 15 is 0 Å². The van der Waals surface area contributed by atoms with E-state index in [0.29, 0.717) is 12.2 Å². The number of aliphatic hydroxyl groups is 1. The van der Waals surface area contributed by atoms with Crippen LogP contribution < -0.4 is 0 Å². The first-order chi connectivity index (χ1) is 8.38. The average molecular weight is 229 g/mol. The summed E-state index contributed by atoms with van der Waals surface area (Å²) in [6.07, 6.45) is 2.26. The van der Waals surface area contributed by atoms with Crippen molar-refractivity contribution in [2.75, 3.05) is 6.61 Å². The summed E-state index contributed by atoms with van der Waals surface area (Å²) in [5.41, 5.74) is 1.89. The van der Waals surface area contributed by atoms with E-state index in [-0.39, 0.29) is 6.61 Å². The molecule has 2 N–H and O–H groups in total.